The molecule has 4 aliphatic rings. The zero-order valence-electron chi connectivity index (χ0n) is 20.5. The zero-order valence-corrected chi connectivity index (χ0v) is 22.9. The van der Waals surface area contributed by atoms with Crippen LogP contribution in [0.15, 0.2) is 24.3 Å². The lowest BCUT2D eigenvalue weighted by Gasteiger charge is -2.36. The predicted octanol–water partition coefficient (Wildman–Crippen LogP) is 2.93. The molecule has 196 valence electrons. The van der Waals surface area contributed by atoms with Gasteiger partial charge in [-0.15, -0.1) is 11.8 Å². The quantitative estimate of drug-likeness (QED) is 0.409. The summed E-state index contributed by atoms with van der Waals surface area (Å²) in [6.07, 6.45) is 5.91. The van der Waals surface area contributed by atoms with Crippen molar-refractivity contribution in [2.45, 2.75) is 72.4 Å². The van der Waals surface area contributed by atoms with Gasteiger partial charge in [0.1, 0.15) is 11.8 Å². The van der Waals surface area contributed by atoms with E-state index in [4.69, 9.17) is 4.74 Å². The fourth-order valence-corrected chi connectivity index (χ4v) is 10.2. The van der Waals surface area contributed by atoms with Crippen LogP contribution >= 0.6 is 27.7 Å². The first-order chi connectivity index (χ1) is 17.4. The average Bonchev–Trinajstić information content (AvgIpc) is 3.45. The lowest BCUT2D eigenvalue weighted by atomic mass is 9.70. The number of nitrogens with one attached hydrogen (secondary N) is 2. The summed E-state index contributed by atoms with van der Waals surface area (Å²) >= 11 is 5.39. The number of hydrogen-bond donors (Lipinski definition) is 3. The largest absolute Gasteiger partial charge is 0.494 e. The number of ether oxygens (including phenoxy) is 1. The Morgan fingerprint density at radius 2 is 1.92 bits per heavy atom. The minimum Gasteiger partial charge on any atom is -0.494 e. The molecule has 3 N–H and O–H groups in total. The van der Waals surface area contributed by atoms with Crippen molar-refractivity contribution in [3.63, 3.8) is 0 Å². The first kappa shape index (κ1) is 25.9. The number of amides is 3. The molecule has 1 spiro atoms. The van der Waals surface area contributed by atoms with Gasteiger partial charge in [-0.05, 0) is 50.5 Å². The third kappa shape index (κ3) is 4.43. The minimum atomic E-state index is -0.692. The van der Waals surface area contributed by atoms with Crippen LogP contribution in [0.5, 0.6) is 5.75 Å². The highest BCUT2D eigenvalue weighted by molar-refractivity contribution is 9.09. The molecule has 3 amide bonds. The van der Waals surface area contributed by atoms with E-state index in [9.17, 15) is 19.5 Å². The number of halogens is 1. The second-order valence-electron chi connectivity index (χ2n) is 10.2. The van der Waals surface area contributed by atoms with Gasteiger partial charge in [-0.25, -0.2) is 0 Å². The number of rotatable bonds is 8. The summed E-state index contributed by atoms with van der Waals surface area (Å²) in [5.74, 6) is -1.000. The van der Waals surface area contributed by atoms with Gasteiger partial charge in [0.2, 0.25) is 17.7 Å². The maximum Gasteiger partial charge on any atom is 0.244 e. The number of carbonyl (C=O) groups is 3. The number of nitrogens with zero attached hydrogens (tertiary/aromatic N) is 1. The van der Waals surface area contributed by atoms with Crippen molar-refractivity contribution < 1.29 is 24.2 Å². The van der Waals surface area contributed by atoms with Crippen LogP contribution in [0.2, 0.25) is 0 Å². The Bertz CT molecular complexity index is 1000. The van der Waals surface area contributed by atoms with Crippen molar-refractivity contribution in [2.24, 2.45) is 11.8 Å². The second kappa shape index (κ2) is 10.5. The normalized spacial score (nSPS) is 33.5. The van der Waals surface area contributed by atoms with Crippen LogP contribution in [0.1, 0.15) is 45.4 Å². The van der Waals surface area contributed by atoms with Crippen molar-refractivity contribution >= 4 is 51.1 Å². The molecule has 0 aromatic heterocycles. The fraction of sp³-hybridized carbons (Fsp3) is 0.654. The molecule has 5 rings (SSSR count). The Kier molecular flexibility index (Phi) is 7.56. The average molecular weight is 581 g/mol. The van der Waals surface area contributed by atoms with Gasteiger partial charge in [-0.2, -0.15) is 0 Å². The van der Waals surface area contributed by atoms with E-state index in [-0.39, 0.29) is 47.0 Å². The van der Waals surface area contributed by atoms with Gasteiger partial charge < -0.3 is 25.4 Å². The summed E-state index contributed by atoms with van der Waals surface area (Å²) < 4.78 is 4.79. The molecule has 3 saturated heterocycles. The molecule has 1 saturated carbocycles. The lowest BCUT2D eigenvalue weighted by Crippen LogP contribution is -2.56. The van der Waals surface area contributed by atoms with Crippen molar-refractivity contribution in [1.82, 2.24) is 10.2 Å². The van der Waals surface area contributed by atoms with Crippen LogP contribution in [0, 0.1) is 11.8 Å². The van der Waals surface area contributed by atoms with Gasteiger partial charge in [-0.3, -0.25) is 14.4 Å². The number of β-amino-alcohol motifs (C(OH)–C–C–N with tert-alkyl or cyclic N) is 1. The summed E-state index contributed by atoms with van der Waals surface area (Å²) in [4.78, 5) is 42.6. The number of fused-ring (bicyclic) bond motifs is 1. The highest BCUT2D eigenvalue weighted by Crippen LogP contribution is 2.67. The summed E-state index contributed by atoms with van der Waals surface area (Å²) in [6.45, 7) is 2.34. The van der Waals surface area contributed by atoms with Crippen LogP contribution in [0.3, 0.4) is 0 Å². The van der Waals surface area contributed by atoms with E-state index < -0.39 is 22.6 Å². The first-order valence-electron chi connectivity index (χ1n) is 13.0. The molecular formula is C26H34BrN3O5S. The molecule has 3 unspecified atom stereocenters. The Morgan fingerprint density at radius 3 is 2.58 bits per heavy atom. The van der Waals surface area contributed by atoms with E-state index in [1.807, 2.05) is 6.92 Å². The van der Waals surface area contributed by atoms with Gasteiger partial charge in [0.05, 0.1) is 29.8 Å². The number of anilines is 1. The molecule has 1 aromatic rings. The standard InChI is InChI=1S/C26H34BrN3O5S/c1-2-35-17-10-8-16(9-11-17)28-23(32)19-20-25(34)30(12-13-31)22(26(20)14-18(27)21(19)36-26)24(33)29-15-6-4-3-5-7-15/h8-11,15,18-22,31H,2-7,12-14H2,1H3,(H,28,32)(H,29,33)/t18?,19-,20-,21-,22?,26?/m0/s1. The third-order valence-corrected chi connectivity index (χ3v) is 11.3. The molecule has 2 bridgehead atoms. The van der Waals surface area contributed by atoms with Gasteiger partial charge in [-0.1, -0.05) is 35.2 Å². The second-order valence-corrected chi connectivity index (χ2v) is 12.9. The Morgan fingerprint density at radius 1 is 1.19 bits per heavy atom. The molecule has 3 heterocycles. The van der Waals surface area contributed by atoms with E-state index in [1.165, 1.54) is 11.3 Å². The third-order valence-electron chi connectivity index (χ3n) is 8.07. The maximum absolute atomic E-state index is 13.8. The van der Waals surface area contributed by atoms with Gasteiger partial charge in [0.15, 0.2) is 0 Å². The van der Waals surface area contributed by atoms with Gasteiger partial charge in [0, 0.05) is 28.4 Å². The molecule has 10 heteroatoms. The number of likely N-dealkylation sites (tertiary alicyclic amines) is 1. The van der Waals surface area contributed by atoms with Crippen molar-refractivity contribution in [2.75, 3.05) is 25.1 Å². The predicted molar refractivity (Wildman–Crippen MR) is 142 cm³/mol. The number of aliphatic hydroxyl groups is 1. The fourth-order valence-electron chi connectivity index (χ4n) is 6.63. The Labute approximate surface area is 224 Å². The Hall–Kier alpha value is -1.78. The number of benzene rings is 1. The summed E-state index contributed by atoms with van der Waals surface area (Å²) in [5.41, 5.74) is 0.639. The van der Waals surface area contributed by atoms with Crippen LogP contribution in [0.25, 0.3) is 0 Å². The number of carbonyl (C=O) groups excluding carboxylic acids is 3. The lowest BCUT2D eigenvalue weighted by molar-refractivity contribution is -0.139. The van der Waals surface area contributed by atoms with E-state index in [1.54, 1.807) is 36.0 Å². The maximum atomic E-state index is 13.8. The van der Waals surface area contributed by atoms with E-state index in [0.29, 0.717) is 18.7 Å². The van der Waals surface area contributed by atoms with E-state index >= 15 is 0 Å². The van der Waals surface area contributed by atoms with Crippen LogP contribution in [-0.4, -0.2) is 74.4 Å². The number of aliphatic hydroxyl groups excluding tert-OH is 1. The Balaban J connectivity index is 1.40. The molecular weight excluding hydrogens is 546 g/mol. The molecule has 36 heavy (non-hydrogen) atoms. The number of hydrogen-bond acceptors (Lipinski definition) is 6. The smallest absolute Gasteiger partial charge is 0.244 e. The monoisotopic (exact) mass is 579 g/mol. The SMILES string of the molecule is CCOc1ccc(NC(=O)[C@H]2[C@H]3C(=O)N(CCO)C(C(=O)NC4CCCCC4)C34CC(Br)[C@@H]2S4)cc1. The van der Waals surface area contributed by atoms with Crippen LogP contribution in [-0.2, 0) is 14.4 Å². The molecule has 3 aliphatic heterocycles. The molecule has 4 fully saturated rings. The summed E-state index contributed by atoms with van der Waals surface area (Å²) in [7, 11) is 0. The van der Waals surface area contributed by atoms with Gasteiger partial charge >= 0.3 is 0 Å². The van der Waals surface area contributed by atoms with Gasteiger partial charge in [0.25, 0.3) is 0 Å². The van der Waals surface area contributed by atoms with Crippen LogP contribution in [0.4, 0.5) is 5.69 Å². The molecule has 1 aliphatic carbocycles. The van der Waals surface area contributed by atoms with E-state index in [0.717, 1.165) is 31.4 Å². The van der Waals surface area contributed by atoms with E-state index in [2.05, 4.69) is 26.6 Å². The number of alkyl halides is 1. The topological polar surface area (TPSA) is 108 Å². The zero-order chi connectivity index (χ0) is 25.4. The number of thioether (sulfide) groups is 1. The summed E-state index contributed by atoms with van der Waals surface area (Å²) in [6, 6.07) is 6.62. The molecule has 0 radical (unpaired) electrons. The molecule has 1 aromatic carbocycles. The van der Waals surface area contributed by atoms with Crippen molar-refractivity contribution in [1.29, 1.82) is 0 Å². The summed E-state index contributed by atoms with van der Waals surface area (Å²) in [5, 5.41) is 15.9. The van der Waals surface area contributed by atoms with Crippen molar-refractivity contribution in [3.05, 3.63) is 24.3 Å². The molecule has 8 nitrogen and oxygen atoms in total. The minimum absolute atomic E-state index is 0.0155. The van der Waals surface area contributed by atoms with Crippen LogP contribution < -0.4 is 15.4 Å². The van der Waals surface area contributed by atoms with Crippen molar-refractivity contribution in [3.8, 4) is 5.75 Å². The first-order valence-corrected chi connectivity index (χ1v) is 14.8. The molecule has 6 atom stereocenters. The highest BCUT2D eigenvalue weighted by atomic mass is 79.9. The highest BCUT2D eigenvalue weighted by Gasteiger charge is 2.75.